The lowest BCUT2D eigenvalue weighted by Gasteiger charge is -2.12. The fraction of sp³-hybridized carbons (Fsp3) is 0.857. The molecule has 1 amide bonds. The van der Waals surface area contributed by atoms with Crippen LogP contribution in [0.2, 0.25) is 0 Å². The molecule has 0 aliphatic carbocycles. The van der Waals surface area contributed by atoms with Crippen LogP contribution in [0.25, 0.3) is 0 Å². The van der Waals surface area contributed by atoms with Gasteiger partial charge < -0.3 is 5.32 Å². The number of carbonyl (C=O) groups is 1. The maximum Gasteiger partial charge on any atom is 0.217 e. The highest BCUT2D eigenvalue weighted by Gasteiger charge is 2.04. The number of rotatable bonds is 4. The van der Waals surface area contributed by atoms with Gasteiger partial charge in [0.25, 0.3) is 0 Å². The molecule has 1 atom stereocenters. The second-order valence-corrected chi connectivity index (χ2v) is 4.31. The molecule has 66 valence electrons. The van der Waals surface area contributed by atoms with Crippen molar-refractivity contribution in [2.75, 3.05) is 0 Å². The molecule has 0 bridgehead atoms. The third kappa shape index (κ3) is 8.07. The molecule has 2 nitrogen and oxygen atoms in total. The van der Waals surface area contributed by atoms with Gasteiger partial charge in [-0.25, -0.2) is 0 Å². The first-order valence-electron chi connectivity index (χ1n) is 3.65. The Hall–Kier alpha value is 0.170. The maximum absolute atomic E-state index is 10.5. The molecule has 1 N–H and O–H groups in total. The molecular formula is C7H15NOS2. The minimum Gasteiger partial charge on any atom is -0.354 e. The van der Waals surface area contributed by atoms with Crippen molar-refractivity contribution < 1.29 is 4.79 Å². The zero-order valence-electron chi connectivity index (χ0n) is 6.87. The number of carbonyl (C=O) groups excluding carboxylic acids is 1. The van der Waals surface area contributed by atoms with Crippen LogP contribution in [0, 0.1) is 0 Å². The van der Waals surface area contributed by atoms with E-state index in [1.54, 1.807) is 0 Å². The van der Waals surface area contributed by atoms with Crippen LogP contribution in [0.15, 0.2) is 0 Å². The van der Waals surface area contributed by atoms with Gasteiger partial charge in [-0.1, -0.05) is 0 Å². The molecular weight excluding hydrogens is 178 g/mol. The van der Waals surface area contributed by atoms with Gasteiger partial charge in [-0.05, 0) is 19.8 Å². The Kier molecular flexibility index (Phi) is 5.86. The van der Waals surface area contributed by atoms with Crippen LogP contribution >= 0.6 is 25.3 Å². The molecule has 0 rings (SSSR count). The molecule has 0 saturated heterocycles. The Morgan fingerprint density at radius 1 is 1.45 bits per heavy atom. The Morgan fingerprint density at radius 2 is 2.00 bits per heavy atom. The highest BCUT2D eigenvalue weighted by molar-refractivity contribution is 7.99. The molecule has 0 fully saturated rings. The maximum atomic E-state index is 10.5. The Balaban J connectivity index is 3.37. The lowest BCUT2D eigenvalue weighted by atomic mass is 10.2. The summed E-state index contributed by atoms with van der Waals surface area (Å²) in [6.45, 7) is 3.50. The minimum absolute atomic E-state index is 0.0207. The topological polar surface area (TPSA) is 29.1 Å². The van der Waals surface area contributed by atoms with Crippen molar-refractivity contribution in [3.8, 4) is 0 Å². The van der Waals surface area contributed by atoms with E-state index in [1.165, 1.54) is 6.92 Å². The molecule has 0 aromatic rings. The molecule has 1 unspecified atom stereocenters. The van der Waals surface area contributed by atoms with Crippen LogP contribution in [0.5, 0.6) is 0 Å². The van der Waals surface area contributed by atoms with E-state index in [2.05, 4.69) is 30.6 Å². The molecule has 4 heteroatoms. The lowest BCUT2D eigenvalue weighted by molar-refractivity contribution is -0.119. The highest BCUT2D eigenvalue weighted by atomic mass is 32.2. The van der Waals surface area contributed by atoms with Crippen LogP contribution in [-0.4, -0.2) is 16.5 Å². The monoisotopic (exact) mass is 193 g/mol. The van der Waals surface area contributed by atoms with E-state index in [-0.39, 0.29) is 16.5 Å². The van der Waals surface area contributed by atoms with Crippen LogP contribution in [0.4, 0.5) is 0 Å². The summed E-state index contributed by atoms with van der Waals surface area (Å²) >= 11 is 8.23. The highest BCUT2D eigenvalue weighted by Crippen LogP contribution is 2.09. The predicted octanol–water partition coefficient (Wildman–Crippen LogP) is 1.48. The first-order chi connectivity index (χ1) is 5.02. The van der Waals surface area contributed by atoms with Crippen molar-refractivity contribution in [1.82, 2.24) is 5.32 Å². The lowest BCUT2D eigenvalue weighted by Crippen LogP contribution is -2.30. The molecule has 0 aliphatic heterocycles. The number of hydrogen-bond donors (Lipinski definition) is 3. The number of amides is 1. The van der Waals surface area contributed by atoms with Crippen LogP contribution in [0.3, 0.4) is 0 Å². The normalized spacial score (nSPS) is 13.2. The van der Waals surface area contributed by atoms with Crippen molar-refractivity contribution in [3.05, 3.63) is 0 Å². The van der Waals surface area contributed by atoms with Crippen molar-refractivity contribution in [3.63, 3.8) is 0 Å². The van der Waals surface area contributed by atoms with E-state index < -0.39 is 0 Å². The number of thiol groups is 2. The van der Waals surface area contributed by atoms with E-state index in [0.29, 0.717) is 0 Å². The zero-order valence-corrected chi connectivity index (χ0v) is 8.66. The molecule has 0 saturated carbocycles. The van der Waals surface area contributed by atoms with Crippen molar-refractivity contribution in [2.45, 2.75) is 37.3 Å². The van der Waals surface area contributed by atoms with Gasteiger partial charge in [-0.15, -0.1) is 0 Å². The summed E-state index contributed by atoms with van der Waals surface area (Å²) in [6, 6.07) is 0.231. The van der Waals surface area contributed by atoms with Crippen LogP contribution in [-0.2, 0) is 4.79 Å². The molecule has 11 heavy (non-hydrogen) atoms. The third-order valence-corrected chi connectivity index (χ3v) is 1.82. The second kappa shape index (κ2) is 5.77. The largest absolute Gasteiger partial charge is 0.354 e. The average molecular weight is 193 g/mol. The van der Waals surface area contributed by atoms with Gasteiger partial charge in [0.1, 0.15) is 0 Å². The van der Waals surface area contributed by atoms with Gasteiger partial charge in [0.05, 0.1) is 0 Å². The predicted molar refractivity (Wildman–Crippen MR) is 54.3 cm³/mol. The molecule has 0 radical (unpaired) electrons. The van der Waals surface area contributed by atoms with E-state index in [4.69, 9.17) is 0 Å². The molecule has 0 aromatic heterocycles. The standard InChI is InChI=1S/C7H15NOS2/c1-5(8-6(2)9)3-4-7(10)11/h5,7,10-11H,3-4H2,1-2H3,(H,8,9). The van der Waals surface area contributed by atoms with Crippen molar-refractivity contribution in [1.29, 1.82) is 0 Å². The number of hydrogen-bond acceptors (Lipinski definition) is 3. The first kappa shape index (κ1) is 11.2. The van der Waals surface area contributed by atoms with E-state index in [1.807, 2.05) is 6.92 Å². The van der Waals surface area contributed by atoms with Crippen molar-refractivity contribution in [2.24, 2.45) is 0 Å². The smallest absolute Gasteiger partial charge is 0.217 e. The van der Waals surface area contributed by atoms with Gasteiger partial charge in [0, 0.05) is 17.5 Å². The van der Waals surface area contributed by atoms with E-state index in [0.717, 1.165) is 12.8 Å². The van der Waals surface area contributed by atoms with E-state index >= 15 is 0 Å². The SMILES string of the molecule is CC(=O)NC(C)CCC(S)S. The summed E-state index contributed by atoms with van der Waals surface area (Å²) in [5, 5.41) is 2.79. The third-order valence-electron chi connectivity index (χ3n) is 1.31. The van der Waals surface area contributed by atoms with Crippen molar-refractivity contribution >= 4 is 31.2 Å². The van der Waals surface area contributed by atoms with Gasteiger partial charge in [0.2, 0.25) is 5.91 Å². The minimum atomic E-state index is 0.0207. The van der Waals surface area contributed by atoms with E-state index in [9.17, 15) is 4.79 Å². The Bertz CT molecular complexity index is 128. The Morgan fingerprint density at radius 3 is 2.36 bits per heavy atom. The fourth-order valence-corrected chi connectivity index (χ4v) is 1.12. The summed E-state index contributed by atoms with van der Waals surface area (Å²) in [4.78, 5) is 10.5. The average Bonchev–Trinajstić information content (AvgIpc) is 1.82. The van der Waals surface area contributed by atoms with Gasteiger partial charge in [0.15, 0.2) is 0 Å². The summed E-state index contributed by atoms with van der Waals surface area (Å²) in [5.74, 6) is 0.0207. The molecule has 0 heterocycles. The van der Waals surface area contributed by atoms with Crippen LogP contribution < -0.4 is 5.32 Å². The molecule has 0 aliphatic rings. The first-order valence-corrected chi connectivity index (χ1v) is 4.69. The summed E-state index contributed by atoms with van der Waals surface area (Å²) in [7, 11) is 0. The van der Waals surface area contributed by atoms with Gasteiger partial charge in [-0.2, -0.15) is 25.3 Å². The second-order valence-electron chi connectivity index (χ2n) is 2.66. The Labute approximate surface area is 79.0 Å². The molecule has 0 spiro atoms. The zero-order chi connectivity index (χ0) is 8.85. The summed E-state index contributed by atoms with van der Waals surface area (Å²) < 4.78 is 0.117. The summed E-state index contributed by atoms with van der Waals surface area (Å²) in [6.07, 6.45) is 1.84. The quantitative estimate of drug-likeness (QED) is 0.458. The van der Waals surface area contributed by atoms with Gasteiger partial charge in [-0.3, -0.25) is 4.79 Å². The summed E-state index contributed by atoms with van der Waals surface area (Å²) in [5.41, 5.74) is 0. The van der Waals surface area contributed by atoms with Crippen LogP contribution in [0.1, 0.15) is 26.7 Å². The number of nitrogens with one attached hydrogen (secondary N) is 1. The van der Waals surface area contributed by atoms with Gasteiger partial charge >= 0.3 is 0 Å². The molecule has 0 aromatic carbocycles. The fourth-order valence-electron chi connectivity index (χ4n) is 0.818.